The smallest absolute Gasteiger partial charge is 0.266 e. The molecule has 1 aromatic heterocycles. The van der Waals surface area contributed by atoms with Crippen LogP contribution in [0.4, 0.5) is 8.78 Å². The monoisotopic (exact) mass is 315 g/mol. The highest BCUT2D eigenvalue weighted by Gasteiger charge is 2.19. The van der Waals surface area contributed by atoms with Crippen molar-refractivity contribution in [3.8, 4) is 0 Å². The molecule has 0 aliphatic carbocycles. The summed E-state index contributed by atoms with van der Waals surface area (Å²) >= 11 is 5.93. The molecule has 0 saturated carbocycles. The molecule has 0 unspecified atom stereocenters. The van der Waals surface area contributed by atoms with Crippen molar-refractivity contribution in [3.63, 3.8) is 0 Å². The zero-order valence-corrected chi connectivity index (χ0v) is 9.44. The minimum atomic E-state index is -2.65. The average molecular weight is 317 g/mol. The Morgan fingerprint density at radius 1 is 1.46 bits per heavy atom. The van der Waals surface area contributed by atoms with Gasteiger partial charge in [0, 0.05) is 16.2 Å². The van der Waals surface area contributed by atoms with Crippen LogP contribution in [-0.2, 0) is 6.61 Å². The standard InChI is InChI=1S/C7H5Br2F2NO/c8-4-1-12-6(9)5(7(10)11)3(4)2-13/h1,7,13H,2H2. The first kappa shape index (κ1) is 11.0. The van der Waals surface area contributed by atoms with Crippen molar-refractivity contribution in [2.24, 2.45) is 0 Å². The number of alkyl halides is 2. The molecule has 13 heavy (non-hydrogen) atoms. The van der Waals surface area contributed by atoms with Crippen molar-refractivity contribution in [2.75, 3.05) is 0 Å². The summed E-state index contributed by atoms with van der Waals surface area (Å²) in [5.41, 5.74) is -0.103. The maximum Gasteiger partial charge on any atom is 0.266 e. The second-order valence-electron chi connectivity index (χ2n) is 2.25. The second-order valence-corrected chi connectivity index (χ2v) is 3.85. The molecular formula is C7H5Br2F2NO. The molecule has 0 atom stereocenters. The van der Waals surface area contributed by atoms with E-state index in [9.17, 15) is 8.78 Å². The van der Waals surface area contributed by atoms with E-state index in [4.69, 9.17) is 5.11 Å². The lowest BCUT2D eigenvalue weighted by Crippen LogP contribution is -1.99. The number of nitrogens with zero attached hydrogens (tertiary/aromatic N) is 1. The Bertz CT molecular complexity index is 320. The SMILES string of the molecule is OCc1c(Br)cnc(Br)c1C(F)F. The number of aliphatic hydroxyl groups is 1. The Hall–Kier alpha value is -0.0700. The highest BCUT2D eigenvalue weighted by Crippen LogP contribution is 2.32. The van der Waals surface area contributed by atoms with Crippen molar-refractivity contribution in [1.29, 1.82) is 0 Å². The molecule has 0 fully saturated rings. The number of halogens is 4. The van der Waals surface area contributed by atoms with E-state index in [1.807, 2.05) is 0 Å². The Morgan fingerprint density at radius 2 is 2.08 bits per heavy atom. The Morgan fingerprint density at radius 3 is 2.46 bits per heavy atom. The van der Waals surface area contributed by atoms with Crippen LogP contribution >= 0.6 is 31.9 Å². The lowest BCUT2D eigenvalue weighted by molar-refractivity contribution is 0.145. The van der Waals surface area contributed by atoms with Crippen LogP contribution in [-0.4, -0.2) is 10.1 Å². The summed E-state index contributed by atoms with van der Waals surface area (Å²) in [6.45, 7) is -0.443. The number of hydrogen-bond donors (Lipinski definition) is 1. The van der Waals surface area contributed by atoms with Crippen LogP contribution in [0.15, 0.2) is 15.3 Å². The molecule has 1 rings (SSSR count). The quantitative estimate of drug-likeness (QED) is 0.851. The van der Waals surface area contributed by atoms with Crippen LogP contribution < -0.4 is 0 Å². The van der Waals surface area contributed by atoms with Gasteiger partial charge in [-0.1, -0.05) is 0 Å². The van der Waals surface area contributed by atoms with Crippen molar-refractivity contribution < 1.29 is 13.9 Å². The van der Waals surface area contributed by atoms with Crippen molar-refractivity contribution in [2.45, 2.75) is 13.0 Å². The second kappa shape index (κ2) is 4.43. The first-order chi connectivity index (χ1) is 6.07. The predicted octanol–water partition coefficient (Wildman–Crippen LogP) is 3.04. The van der Waals surface area contributed by atoms with Gasteiger partial charge >= 0.3 is 0 Å². The molecule has 1 heterocycles. The molecule has 0 aliphatic rings. The van der Waals surface area contributed by atoms with E-state index in [2.05, 4.69) is 36.8 Å². The summed E-state index contributed by atoms with van der Waals surface area (Å²) < 4.78 is 25.4. The highest BCUT2D eigenvalue weighted by atomic mass is 79.9. The van der Waals surface area contributed by atoms with E-state index in [1.54, 1.807) is 0 Å². The van der Waals surface area contributed by atoms with E-state index in [0.717, 1.165) is 0 Å². The minimum Gasteiger partial charge on any atom is -0.392 e. The number of hydrogen-bond acceptors (Lipinski definition) is 2. The van der Waals surface area contributed by atoms with Crippen LogP contribution in [0.25, 0.3) is 0 Å². The summed E-state index contributed by atoms with van der Waals surface area (Å²) in [4.78, 5) is 3.69. The molecule has 0 bridgehead atoms. The van der Waals surface area contributed by atoms with Crippen LogP contribution in [0.1, 0.15) is 17.6 Å². The van der Waals surface area contributed by atoms with E-state index >= 15 is 0 Å². The fraction of sp³-hybridized carbons (Fsp3) is 0.286. The first-order valence-corrected chi connectivity index (χ1v) is 4.88. The third kappa shape index (κ3) is 2.24. The van der Waals surface area contributed by atoms with Gasteiger partial charge in [-0.2, -0.15) is 0 Å². The molecule has 0 aromatic carbocycles. The fourth-order valence-electron chi connectivity index (χ4n) is 0.896. The molecule has 1 aromatic rings. The largest absolute Gasteiger partial charge is 0.392 e. The zero-order chi connectivity index (χ0) is 10.0. The van der Waals surface area contributed by atoms with Gasteiger partial charge in [0.05, 0.1) is 12.2 Å². The van der Waals surface area contributed by atoms with Gasteiger partial charge in [0.1, 0.15) is 4.60 Å². The normalized spacial score (nSPS) is 10.9. The average Bonchev–Trinajstić information content (AvgIpc) is 2.07. The topological polar surface area (TPSA) is 33.1 Å². The lowest BCUT2D eigenvalue weighted by atomic mass is 10.1. The van der Waals surface area contributed by atoms with Gasteiger partial charge < -0.3 is 5.11 Å². The predicted molar refractivity (Wildman–Crippen MR) is 50.5 cm³/mol. The number of aliphatic hydroxyl groups excluding tert-OH is 1. The van der Waals surface area contributed by atoms with Crippen LogP contribution in [0.2, 0.25) is 0 Å². The maximum absolute atomic E-state index is 12.5. The van der Waals surface area contributed by atoms with Gasteiger partial charge in [-0.3, -0.25) is 0 Å². The molecule has 0 spiro atoms. The molecule has 1 N–H and O–H groups in total. The third-order valence-corrected chi connectivity index (χ3v) is 2.82. The van der Waals surface area contributed by atoms with E-state index < -0.39 is 13.0 Å². The van der Waals surface area contributed by atoms with Gasteiger partial charge in [0.2, 0.25) is 0 Å². The van der Waals surface area contributed by atoms with Gasteiger partial charge in [-0.05, 0) is 31.9 Å². The summed E-state index contributed by atoms with van der Waals surface area (Å²) in [7, 11) is 0. The Balaban J connectivity index is 3.35. The summed E-state index contributed by atoms with van der Waals surface area (Å²) in [5.74, 6) is 0. The van der Waals surface area contributed by atoms with Crippen LogP contribution in [0.5, 0.6) is 0 Å². The van der Waals surface area contributed by atoms with E-state index in [-0.39, 0.29) is 15.7 Å². The number of pyridine rings is 1. The minimum absolute atomic E-state index is 0.0646. The summed E-state index contributed by atoms with van der Waals surface area (Å²) in [6.07, 6.45) is -1.29. The Kier molecular flexibility index (Phi) is 3.75. The molecule has 0 radical (unpaired) electrons. The van der Waals surface area contributed by atoms with Crippen molar-refractivity contribution in [1.82, 2.24) is 4.98 Å². The van der Waals surface area contributed by atoms with E-state index in [0.29, 0.717) is 4.47 Å². The Labute approximate surface area is 90.2 Å². The van der Waals surface area contributed by atoms with E-state index in [1.165, 1.54) is 6.20 Å². The van der Waals surface area contributed by atoms with Crippen molar-refractivity contribution in [3.05, 3.63) is 26.4 Å². The van der Waals surface area contributed by atoms with Gasteiger partial charge in [-0.25, -0.2) is 13.8 Å². The summed E-state index contributed by atoms with van der Waals surface area (Å²) in [6, 6.07) is 0. The first-order valence-electron chi connectivity index (χ1n) is 3.29. The van der Waals surface area contributed by atoms with Crippen LogP contribution in [0, 0.1) is 0 Å². The molecule has 72 valence electrons. The maximum atomic E-state index is 12.5. The molecule has 2 nitrogen and oxygen atoms in total. The highest BCUT2D eigenvalue weighted by molar-refractivity contribution is 9.11. The number of aromatic nitrogens is 1. The molecular weight excluding hydrogens is 312 g/mol. The van der Waals surface area contributed by atoms with Crippen LogP contribution in [0.3, 0.4) is 0 Å². The number of rotatable bonds is 2. The molecule has 0 amide bonds. The van der Waals surface area contributed by atoms with Crippen molar-refractivity contribution >= 4 is 31.9 Å². The lowest BCUT2D eigenvalue weighted by Gasteiger charge is -2.09. The van der Waals surface area contributed by atoms with Gasteiger partial charge in [0.15, 0.2) is 0 Å². The zero-order valence-electron chi connectivity index (χ0n) is 6.27. The summed E-state index contributed by atoms with van der Waals surface area (Å²) in [5, 5.41) is 8.86. The van der Waals surface area contributed by atoms with Gasteiger partial charge in [-0.15, -0.1) is 0 Å². The molecule has 6 heteroatoms. The molecule has 0 saturated heterocycles. The van der Waals surface area contributed by atoms with Gasteiger partial charge in [0.25, 0.3) is 6.43 Å². The molecule has 0 aliphatic heterocycles. The third-order valence-electron chi connectivity index (χ3n) is 1.50. The fourth-order valence-corrected chi connectivity index (χ4v) is 1.85.